The van der Waals surface area contributed by atoms with Crippen molar-refractivity contribution in [1.29, 1.82) is 0 Å². The second-order valence-electron chi connectivity index (χ2n) is 6.43. The number of hydrogen-bond donors (Lipinski definition) is 1. The summed E-state index contributed by atoms with van der Waals surface area (Å²) >= 11 is 0. The first-order valence-electron chi connectivity index (χ1n) is 6.87. The molecule has 1 aliphatic heterocycles. The third kappa shape index (κ3) is 5.36. The van der Waals surface area contributed by atoms with E-state index < -0.39 is 23.8 Å². The van der Waals surface area contributed by atoms with Gasteiger partial charge in [-0.15, -0.1) is 0 Å². The van der Waals surface area contributed by atoms with Crippen LogP contribution in [0.4, 0.5) is 4.79 Å². The van der Waals surface area contributed by atoms with Crippen molar-refractivity contribution < 1.29 is 23.8 Å². The summed E-state index contributed by atoms with van der Waals surface area (Å²) in [7, 11) is 1.32. The molecule has 1 amide bonds. The number of methoxy groups -OCH3 is 1. The van der Waals surface area contributed by atoms with Crippen molar-refractivity contribution in [1.82, 2.24) is 5.32 Å². The van der Waals surface area contributed by atoms with Gasteiger partial charge in [0.05, 0.1) is 13.2 Å². The zero-order valence-electron chi connectivity index (χ0n) is 13.1. The second-order valence-corrected chi connectivity index (χ2v) is 6.43. The second kappa shape index (κ2) is 6.43. The van der Waals surface area contributed by atoms with E-state index in [9.17, 15) is 9.59 Å². The first-order chi connectivity index (χ1) is 9.14. The van der Waals surface area contributed by atoms with E-state index in [-0.39, 0.29) is 12.1 Å². The molecule has 1 saturated heterocycles. The number of nitrogens with one attached hydrogen (secondary N) is 1. The minimum Gasteiger partial charge on any atom is -0.467 e. The van der Waals surface area contributed by atoms with Gasteiger partial charge in [0.25, 0.3) is 0 Å². The monoisotopic (exact) mass is 287 g/mol. The average Bonchev–Trinajstić information content (AvgIpc) is 3.03. The van der Waals surface area contributed by atoms with Crippen molar-refractivity contribution in [2.24, 2.45) is 5.92 Å². The Morgan fingerprint density at radius 1 is 1.30 bits per heavy atom. The largest absolute Gasteiger partial charge is 0.467 e. The van der Waals surface area contributed by atoms with Gasteiger partial charge in [-0.05, 0) is 33.1 Å². The molecular weight excluding hydrogens is 262 g/mol. The van der Waals surface area contributed by atoms with Gasteiger partial charge in [-0.25, -0.2) is 9.59 Å². The molecule has 1 rings (SSSR count). The van der Waals surface area contributed by atoms with Crippen LogP contribution in [0, 0.1) is 5.92 Å². The Balaban J connectivity index is 2.58. The van der Waals surface area contributed by atoms with Crippen molar-refractivity contribution in [2.45, 2.75) is 64.9 Å². The molecule has 1 N–H and O–H groups in total. The maximum atomic E-state index is 11.8. The lowest BCUT2D eigenvalue weighted by molar-refractivity contribution is -0.142. The predicted octanol–water partition coefficient (Wildman–Crippen LogP) is 1.87. The molecule has 1 heterocycles. The van der Waals surface area contributed by atoms with E-state index in [1.807, 2.05) is 13.8 Å². The first kappa shape index (κ1) is 16.8. The van der Waals surface area contributed by atoms with E-state index in [1.165, 1.54) is 7.11 Å². The number of rotatable bonds is 5. The summed E-state index contributed by atoms with van der Waals surface area (Å²) in [6.07, 6.45) is -0.712. The standard InChI is InChI=1S/C14H25NO5/c1-8(2)7-9(10-11(19-10)12(16)18-6)15-13(17)20-14(3,4)5/h8-11H,7H2,1-6H3,(H,15,17)/t9-,10-,11+/m0/s1. The minimum atomic E-state index is -0.585. The summed E-state index contributed by atoms with van der Waals surface area (Å²) in [4.78, 5) is 23.2. The van der Waals surface area contributed by atoms with Gasteiger partial charge in [0.1, 0.15) is 11.7 Å². The van der Waals surface area contributed by atoms with Gasteiger partial charge in [-0.3, -0.25) is 0 Å². The van der Waals surface area contributed by atoms with Gasteiger partial charge in [0, 0.05) is 0 Å². The van der Waals surface area contributed by atoms with Crippen molar-refractivity contribution in [3.8, 4) is 0 Å². The molecule has 6 heteroatoms. The van der Waals surface area contributed by atoms with Crippen LogP contribution in [0.1, 0.15) is 41.0 Å². The predicted molar refractivity (Wildman–Crippen MR) is 73.3 cm³/mol. The lowest BCUT2D eigenvalue weighted by Crippen LogP contribution is -2.43. The highest BCUT2D eigenvalue weighted by atomic mass is 16.6. The molecule has 0 aromatic heterocycles. The molecule has 3 atom stereocenters. The zero-order valence-corrected chi connectivity index (χ0v) is 13.1. The van der Waals surface area contributed by atoms with Gasteiger partial charge in [0.15, 0.2) is 6.10 Å². The number of epoxide rings is 1. The van der Waals surface area contributed by atoms with Crippen LogP contribution >= 0.6 is 0 Å². The Kier molecular flexibility index (Phi) is 5.39. The number of amides is 1. The Bertz CT molecular complexity index is 361. The van der Waals surface area contributed by atoms with E-state index in [2.05, 4.69) is 10.1 Å². The molecule has 116 valence electrons. The van der Waals surface area contributed by atoms with Gasteiger partial charge >= 0.3 is 12.1 Å². The molecule has 0 radical (unpaired) electrons. The van der Waals surface area contributed by atoms with E-state index >= 15 is 0 Å². The number of carbonyl (C=O) groups excluding carboxylic acids is 2. The molecule has 0 unspecified atom stereocenters. The van der Waals surface area contributed by atoms with Crippen LogP contribution in [-0.2, 0) is 19.0 Å². The molecule has 0 saturated carbocycles. The molecule has 0 bridgehead atoms. The summed E-state index contributed by atoms with van der Waals surface area (Å²) in [5, 5.41) is 2.78. The van der Waals surface area contributed by atoms with Crippen LogP contribution in [0.5, 0.6) is 0 Å². The highest BCUT2D eigenvalue weighted by Gasteiger charge is 2.51. The van der Waals surface area contributed by atoms with E-state index in [0.717, 1.165) is 0 Å². The Labute approximate surface area is 120 Å². The Morgan fingerprint density at radius 3 is 2.35 bits per heavy atom. The van der Waals surface area contributed by atoms with Gasteiger partial charge < -0.3 is 19.5 Å². The summed E-state index contributed by atoms with van der Waals surface area (Å²) in [5.74, 6) is -0.0489. The first-order valence-corrected chi connectivity index (χ1v) is 6.87. The Morgan fingerprint density at radius 2 is 1.90 bits per heavy atom. The van der Waals surface area contributed by atoms with Crippen molar-refractivity contribution in [2.75, 3.05) is 7.11 Å². The quantitative estimate of drug-likeness (QED) is 0.617. The Hall–Kier alpha value is -1.30. The van der Waals surface area contributed by atoms with Crippen molar-refractivity contribution >= 4 is 12.1 Å². The molecular formula is C14H25NO5. The van der Waals surface area contributed by atoms with E-state index in [0.29, 0.717) is 12.3 Å². The van der Waals surface area contributed by atoms with Crippen LogP contribution in [0.3, 0.4) is 0 Å². The fourth-order valence-electron chi connectivity index (χ4n) is 1.98. The highest BCUT2D eigenvalue weighted by Crippen LogP contribution is 2.29. The van der Waals surface area contributed by atoms with Crippen molar-refractivity contribution in [3.63, 3.8) is 0 Å². The van der Waals surface area contributed by atoms with Gasteiger partial charge in [0.2, 0.25) is 0 Å². The van der Waals surface area contributed by atoms with E-state index in [4.69, 9.17) is 9.47 Å². The van der Waals surface area contributed by atoms with Crippen LogP contribution in [0.25, 0.3) is 0 Å². The summed E-state index contributed by atoms with van der Waals surface area (Å²) in [5.41, 5.74) is -0.557. The fourth-order valence-corrected chi connectivity index (χ4v) is 1.98. The van der Waals surface area contributed by atoms with Crippen LogP contribution < -0.4 is 5.32 Å². The number of alkyl carbamates (subject to hydrolysis) is 1. The average molecular weight is 287 g/mol. The number of hydrogen-bond acceptors (Lipinski definition) is 5. The normalized spacial score (nSPS) is 23.1. The van der Waals surface area contributed by atoms with Crippen molar-refractivity contribution in [3.05, 3.63) is 0 Å². The summed E-state index contributed by atoms with van der Waals surface area (Å²) in [6.45, 7) is 9.48. The topological polar surface area (TPSA) is 77.2 Å². The SMILES string of the molecule is COC(=O)[C@@H]1O[C@H]1[C@H](CC(C)C)NC(=O)OC(C)(C)C. The van der Waals surface area contributed by atoms with Gasteiger partial charge in [-0.2, -0.15) is 0 Å². The number of esters is 1. The molecule has 0 aromatic rings. The zero-order chi connectivity index (χ0) is 15.5. The third-order valence-electron chi connectivity index (χ3n) is 2.78. The maximum absolute atomic E-state index is 11.8. The number of ether oxygens (including phenoxy) is 3. The van der Waals surface area contributed by atoms with Crippen LogP contribution in [0.15, 0.2) is 0 Å². The minimum absolute atomic E-state index is 0.256. The smallest absolute Gasteiger partial charge is 0.407 e. The molecule has 0 aliphatic carbocycles. The fraction of sp³-hybridized carbons (Fsp3) is 0.857. The highest BCUT2D eigenvalue weighted by molar-refractivity contribution is 5.78. The van der Waals surface area contributed by atoms with E-state index in [1.54, 1.807) is 20.8 Å². The molecule has 1 aliphatic rings. The summed E-state index contributed by atoms with van der Waals surface area (Å²) < 4.78 is 15.2. The van der Waals surface area contributed by atoms with Crippen LogP contribution in [-0.4, -0.2) is 43.0 Å². The molecule has 0 spiro atoms. The number of carbonyl (C=O) groups is 2. The lowest BCUT2D eigenvalue weighted by Gasteiger charge is -2.23. The molecule has 1 fully saturated rings. The molecule has 20 heavy (non-hydrogen) atoms. The molecule has 6 nitrogen and oxygen atoms in total. The summed E-state index contributed by atoms with van der Waals surface area (Å²) in [6, 6.07) is -0.256. The van der Waals surface area contributed by atoms with Gasteiger partial charge in [-0.1, -0.05) is 13.8 Å². The maximum Gasteiger partial charge on any atom is 0.407 e. The van der Waals surface area contributed by atoms with Crippen LogP contribution in [0.2, 0.25) is 0 Å². The molecule has 0 aromatic carbocycles. The third-order valence-corrected chi connectivity index (χ3v) is 2.78. The lowest BCUT2D eigenvalue weighted by atomic mass is 10.00.